The molecule has 116 valence electrons. The number of nitrogen functional groups attached to an aromatic ring is 1. The van der Waals surface area contributed by atoms with Gasteiger partial charge in [0.2, 0.25) is 5.91 Å². The molecule has 0 atom stereocenters. The molecular formula is C16H14N4O3. The Hall–Kier alpha value is -3.48. The first kappa shape index (κ1) is 15.9. The van der Waals surface area contributed by atoms with Gasteiger partial charge in [-0.15, -0.1) is 0 Å². The Balaban J connectivity index is 2.33. The van der Waals surface area contributed by atoms with E-state index in [1.54, 1.807) is 24.3 Å². The molecule has 0 spiro atoms. The van der Waals surface area contributed by atoms with E-state index in [-0.39, 0.29) is 23.0 Å². The lowest BCUT2D eigenvalue weighted by molar-refractivity contribution is -0.384. The number of nitro benzene ring substituents is 1. The summed E-state index contributed by atoms with van der Waals surface area (Å²) in [5, 5.41) is 21.6. The molecule has 7 nitrogen and oxygen atoms in total. The van der Waals surface area contributed by atoms with Gasteiger partial charge in [-0.1, -0.05) is 18.7 Å². The van der Waals surface area contributed by atoms with E-state index < -0.39 is 4.92 Å². The van der Waals surface area contributed by atoms with E-state index in [0.717, 1.165) is 6.08 Å². The molecule has 4 N–H and O–H groups in total. The summed E-state index contributed by atoms with van der Waals surface area (Å²) >= 11 is 0. The largest absolute Gasteiger partial charge is 0.398 e. The number of rotatable bonds is 5. The predicted molar refractivity (Wildman–Crippen MR) is 88.7 cm³/mol. The lowest BCUT2D eigenvalue weighted by atomic mass is 10.00. The van der Waals surface area contributed by atoms with Gasteiger partial charge >= 0.3 is 0 Å². The number of amides is 1. The molecule has 0 heterocycles. The van der Waals surface area contributed by atoms with E-state index in [2.05, 4.69) is 11.9 Å². The maximum atomic E-state index is 11.3. The highest BCUT2D eigenvalue weighted by atomic mass is 16.6. The third kappa shape index (κ3) is 3.59. The van der Waals surface area contributed by atoms with Crippen LogP contribution >= 0.6 is 0 Å². The highest BCUT2D eigenvalue weighted by Gasteiger charge is 2.13. The van der Waals surface area contributed by atoms with Crippen molar-refractivity contribution in [3.63, 3.8) is 0 Å². The van der Waals surface area contributed by atoms with Crippen molar-refractivity contribution in [2.24, 2.45) is 0 Å². The van der Waals surface area contributed by atoms with Gasteiger partial charge < -0.3 is 11.1 Å². The van der Waals surface area contributed by atoms with Crippen LogP contribution in [0.25, 0.3) is 0 Å². The topological polar surface area (TPSA) is 122 Å². The van der Waals surface area contributed by atoms with Crippen LogP contribution in [0.4, 0.5) is 17.1 Å². The van der Waals surface area contributed by atoms with E-state index in [9.17, 15) is 14.9 Å². The quantitative estimate of drug-likeness (QED) is 0.258. The summed E-state index contributed by atoms with van der Waals surface area (Å²) in [5.74, 6) is -0.358. The molecular weight excluding hydrogens is 296 g/mol. The number of nitro groups is 1. The second-order valence-electron chi connectivity index (χ2n) is 4.68. The lowest BCUT2D eigenvalue weighted by Gasteiger charge is -2.09. The first-order valence-electron chi connectivity index (χ1n) is 6.59. The van der Waals surface area contributed by atoms with E-state index in [0.29, 0.717) is 16.8 Å². The maximum Gasteiger partial charge on any atom is 0.271 e. The van der Waals surface area contributed by atoms with Gasteiger partial charge in [-0.05, 0) is 24.3 Å². The Morgan fingerprint density at radius 2 is 2.04 bits per heavy atom. The van der Waals surface area contributed by atoms with Gasteiger partial charge in [0.15, 0.2) is 0 Å². The Morgan fingerprint density at radius 1 is 1.30 bits per heavy atom. The van der Waals surface area contributed by atoms with Gasteiger partial charge in [0, 0.05) is 34.6 Å². The van der Waals surface area contributed by atoms with Crippen molar-refractivity contribution in [1.82, 2.24) is 0 Å². The summed E-state index contributed by atoms with van der Waals surface area (Å²) in [5.41, 5.74) is 7.33. The number of anilines is 2. The fourth-order valence-corrected chi connectivity index (χ4v) is 1.99. The minimum Gasteiger partial charge on any atom is -0.398 e. The summed E-state index contributed by atoms with van der Waals surface area (Å²) < 4.78 is 0. The standard InChI is InChI=1S/C16H14N4O3/c1-2-15(21)19-11-5-3-4-10(8-11)16(18)13-7-6-12(20(22)23)9-14(13)17/h2-9,18H,1,17H2,(H,19,21). The summed E-state index contributed by atoms with van der Waals surface area (Å²) in [6.45, 7) is 3.37. The normalized spacial score (nSPS) is 9.91. The highest BCUT2D eigenvalue weighted by molar-refractivity contribution is 6.14. The molecule has 1 amide bonds. The van der Waals surface area contributed by atoms with E-state index >= 15 is 0 Å². The Kier molecular flexibility index (Phi) is 4.51. The number of benzene rings is 2. The average molecular weight is 310 g/mol. The van der Waals surface area contributed by atoms with Crippen molar-refractivity contribution < 1.29 is 9.72 Å². The van der Waals surface area contributed by atoms with E-state index in [1.165, 1.54) is 18.2 Å². The van der Waals surface area contributed by atoms with E-state index in [4.69, 9.17) is 11.1 Å². The Morgan fingerprint density at radius 3 is 2.65 bits per heavy atom. The monoisotopic (exact) mass is 310 g/mol. The minimum absolute atomic E-state index is 0.104. The molecule has 0 aliphatic heterocycles. The van der Waals surface area contributed by atoms with Crippen molar-refractivity contribution in [3.05, 3.63) is 76.4 Å². The molecule has 7 heteroatoms. The molecule has 0 unspecified atom stereocenters. The Bertz CT molecular complexity index is 815. The zero-order chi connectivity index (χ0) is 17.0. The van der Waals surface area contributed by atoms with Crippen LogP contribution in [0, 0.1) is 15.5 Å². The van der Waals surface area contributed by atoms with Crippen molar-refractivity contribution in [2.45, 2.75) is 0 Å². The van der Waals surface area contributed by atoms with Crippen molar-refractivity contribution >= 4 is 28.7 Å². The SMILES string of the molecule is C=CC(=O)Nc1cccc(C(=N)c2ccc([N+](=O)[O-])cc2N)c1. The van der Waals surface area contributed by atoms with Crippen LogP contribution in [0.15, 0.2) is 55.1 Å². The smallest absolute Gasteiger partial charge is 0.271 e. The van der Waals surface area contributed by atoms with Crippen LogP contribution in [0.2, 0.25) is 0 Å². The fourth-order valence-electron chi connectivity index (χ4n) is 1.99. The fraction of sp³-hybridized carbons (Fsp3) is 0. The minimum atomic E-state index is -0.546. The van der Waals surface area contributed by atoms with Crippen LogP contribution in [0.3, 0.4) is 0 Å². The second kappa shape index (κ2) is 6.52. The molecule has 0 aromatic heterocycles. The van der Waals surface area contributed by atoms with Crippen molar-refractivity contribution in [2.75, 3.05) is 11.1 Å². The second-order valence-corrected chi connectivity index (χ2v) is 4.68. The van der Waals surface area contributed by atoms with Gasteiger partial charge in [-0.25, -0.2) is 0 Å². The van der Waals surface area contributed by atoms with Crippen LogP contribution < -0.4 is 11.1 Å². The molecule has 0 fully saturated rings. The zero-order valence-corrected chi connectivity index (χ0v) is 12.1. The van der Waals surface area contributed by atoms with Gasteiger partial charge in [-0.3, -0.25) is 20.3 Å². The summed E-state index contributed by atoms with van der Waals surface area (Å²) in [7, 11) is 0. The number of hydrogen-bond acceptors (Lipinski definition) is 5. The lowest BCUT2D eigenvalue weighted by Crippen LogP contribution is -2.09. The molecule has 2 aromatic carbocycles. The molecule has 0 saturated heterocycles. The van der Waals surface area contributed by atoms with Gasteiger partial charge in [0.05, 0.1) is 10.6 Å². The van der Waals surface area contributed by atoms with E-state index in [1.807, 2.05) is 0 Å². The number of non-ortho nitro benzene ring substituents is 1. The summed E-state index contributed by atoms with van der Waals surface area (Å²) in [6, 6.07) is 10.6. The zero-order valence-electron chi connectivity index (χ0n) is 12.1. The number of nitrogens with one attached hydrogen (secondary N) is 2. The van der Waals surface area contributed by atoms with Gasteiger partial charge in [-0.2, -0.15) is 0 Å². The Labute approximate surface area is 132 Å². The van der Waals surface area contributed by atoms with Crippen LogP contribution in [-0.4, -0.2) is 16.5 Å². The molecule has 0 aliphatic carbocycles. The molecule has 0 saturated carbocycles. The predicted octanol–water partition coefficient (Wildman–Crippen LogP) is 2.72. The number of hydrogen-bond donors (Lipinski definition) is 3. The maximum absolute atomic E-state index is 11.3. The van der Waals surface area contributed by atoms with Gasteiger partial charge in [0.1, 0.15) is 0 Å². The molecule has 2 aromatic rings. The number of carbonyl (C=O) groups is 1. The molecule has 0 bridgehead atoms. The number of nitrogens with two attached hydrogens (primary N) is 1. The number of carbonyl (C=O) groups excluding carboxylic acids is 1. The third-order valence-corrected chi connectivity index (χ3v) is 3.12. The summed E-state index contributed by atoms with van der Waals surface area (Å²) in [6.07, 6.45) is 1.15. The van der Waals surface area contributed by atoms with Crippen molar-refractivity contribution in [3.8, 4) is 0 Å². The number of nitrogens with zero attached hydrogens (tertiary/aromatic N) is 1. The molecule has 2 rings (SSSR count). The van der Waals surface area contributed by atoms with Crippen LogP contribution in [0.1, 0.15) is 11.1 Å². The average Bonchev–Trinajstić information content (AvgIpc) is 2.54. The van der Waals surface area contributed by atoms with Crippen LogP contribution in [0.5, 0.6) is 0 Å². The summed E-state index contributed by atoms with van der Waals surface area (Å²) in [4.78, 5) is 21.5. The van der Waals surface area contributed by atoms with Gasteiger partial charge in [0.25, 0.3) is 5.69 Å². The molecule has 0 radical (unpaired) electrons. The first-order chi connectivity index (χ1) is 10.9. The van der Waals surface area contributed by atoms with Crippen molar-refractivity contribution in [1.29, 1.82) is 5.41 Å². The van der Waals surface area contributed by atoms with Crippen LogP contribution in [-0.2, 0) is 4.79 Å². The third-order valence-electron chi connectivity index (χ3n) is 3.12. The highest BCUT2D eigenvalue weighted by Crippen LogP contribution is 2.23. The molecule has 0 aliphatic rings. The first-order valence-corrected chi connectivity index (χ1v) is 6.59. The molecule has 23 heavy (non-hydrogen) atoms.